The van der Waals surface area contributed by atoms with Gasteiger partial charge in [-0.2, -0.15) is 5.10 Å². The number of hydrogen-bond donors (Lipinski definition) is 0. The molecule has 26 heavy (non-hydrogen) atoms. The molecule has 2 heterocycles. The van der Waals surface area contributed by atoms with Gasteiger partial charge in [-0.05, 0) is 49.4 Å². The van der Waals surface area contributed by atoms with Gasteiger partial charge in [0.2, 0.25) is 0 Å². The summed E-state index contributed by atoms with van der Waals surface area (Å²) < 4.78 is 1.68. The lowest BCUT2D eigenvalue weighted by atomic mass is 10.1. The molecular weight excluding hydrogens is 334 g/mol. The highest BCUT2D eigenvalue weighted by Crippen LogP contribution is 2.23. The molecule has 0 N–H and O–H groups in total. The van der Waals surface area contributed by atoms with Gasteiger partial charge in [0.1, 0.15) is 0 Å². The zero-order chi connectivity index (χ0) is 18.3. The van der Waals surface area contributed by atoms with Gasteiger partial charge < -0.3 is 4.84 Å². The number of hydroxylamine groups is 2. The summed E-state index contributed by atoms with van der Waals surface area (Å²) in [5, 5.41) is 4.78. The normalized spacial score (nSPS) is 13.0. The average Bonchev–Trinajstić information content (AvgIpc) is 3.20. The van der Waals surface area contributed by atoms with E-state index < -0.39 is 17.8 Å². The summed E-state index contributed by atoms with van der Waals surface area (Å²) in [6, 6.07) is 14.7. The van der Waals surface area contributed by atoms with Gasteiger partial charge in [0, 0.05) is 6.20 Å². The lowest BCUT2D eigenvalue weighted by Crippen LogP contribution is -2.32. The first kappa shape index (κ1) is 15.8. The van der Waals surface area contributed by atoms with Gasteiger partial charge in [-0.15, -0.1) is 0 Å². The third-order valence-corrected chi connectivity index (χ3v) is 4.02. The fraction of sp³-hybridized carbons (Fsp3) is 0.0526. The number of benzene rings is 2. The monoisotopic (exact) mass is 347 g/mol. The minimum Gasteiger partial charge on any atom is -0.324 e. The quantitative estimate of drug-likeness (QED) is 0.680. The molecule has 1 aliphatic heterocycles. The van der Waals surface area contributed by atoms with Crippen molar-refractivity contribution >= 4 is 17.8 Å². The number of carbonyl (C=O) groups is 3. The maximum atomic E-state index is 12.3. The van der Waals surface area contributed by atoms with E-state index in [0.29, 0.717) is 5.06 Å². The van der Waals surface area contributed by atoms with Crippen LogP contribution in [0.2, 0.25) is 0 Å². The summed E-state index contributed by atoms with van der Waals surface area (Å²) in [7, 11) is 0. The van der Waals surface area contributed by atoms with Crippen LogP contribution in [0.5, 0.6) is 0 Å². The summed E-state index contributed by atoms with van der Waals surface area (Å²) in [5.41, 5.74) is 2.30. The Morgan fingerprint density at radius 3 is 2.08 bits per heavy atom. The molecule has 2 aromatic carbocycles. The molecule has 0 bridgehead atoms. The number of amides is 2. The first-order valence-corrected chi connectivity index (χ1v) is 7.87. The molecule has 7 heteroatoms. The van der Waals surface area contributed by atoms with Gasteiger partial charge in [-0.1, -0.05) is 17.2 Å². The Balaban J connectivity index is 1.52. The lowest BCUT2D eigenvalue weighted by Gasteiger charge is -2.12. The van der Waals surface area contributed by atoms with Crippen LogP contribution in [-0.2, 0) is 4.84 Å². The highest BCUT2D eigenvalue weighted by atomic mass is 16.7. The number of carbonyl (C=O) groups excluding carboxylic acids is 3. The Hall–Kier alpha value is -3.74. The summed E-state index contributed by atoms with van der Waals surface area (Å²) in [4.78, 5) is 41.8. The Morgan fingerprint density at radius 2 is 1.54 bits per heavy atom. The van der Waals surface area contributed by atoms with E-state index in [-0.39, 0.29) is 16.7 Å². The number of rotatable bonds is 3. The summed E-state index contributed by atoms with van der Waals surface area (Å²) in [6.07, 6.45) is 1.81. The minimum atomic E-state index is -0.789. The SMILES string of the molecule is Cc1ccn(-c2ccc(C(=O)ON3C(=O)c4ccccc4C3=O)cc2)n1. The Bertz CT molecular complexity index is 1000. The molecule has 0 atom stereocenters. The molecular formula is C19H13N3O4. The van der Waals surface area contributed by atoms with Crippen molar-refractivity contribution in [3.63, 3.8) is 0 Å². The topological polar surface area (TPSA) is 81.5 Å². The van der Waals surface area contributed by atoms with Crippen LogP contribution < -0.4 is 0 Å². The van der Waals surface area contributed by atoms with Gasteiger partial charge in [-0.3, -0.25) is 9.59 Å². The summed E-state index contributed by atoms with van der Waals surface area (Å²) in [5.74, 6) is -2.09. The second-order valence-corrected chi connectivity index (χ2v) is 5.78. The van der Waals surface area contributed by atoms with Crippen LogP contribution in [0, 0.1) is 6.92 Å². The van der Waals surface area contributed by atoms with E-state index in [2.05, 4.69) is 5.10 Å². The van der Waals surface area contributed by atoms with Crippen LogP contribution in [0.15, 0.2) is 60.8 Å². The van der Waals surface area contributed by atoms with E-state index >= 15 is 0 Å². The molecule has 0 radical (unpaired) electrons. The predicted octanol–water partition coefficient (Wildman–Crippen LogP) is 2.55. The van der Waals surface area contributed by atoms with E-state index in [9.17, 15) is 14.4 Å². The van der Waals surface area contributed by atoms with E-state index in [1.54, 1.807) is 47.3 Å². The van der Waals surface area contributed by atoms with Crippen molar-refractivity contribution < 1.29 is 19.2 Å². The molecule has 0 saturated carbocycles. The van der Waals surface area contributed by atoms with Crippen molar-refractivity contribution in [1.82, 2.24) is 14.8 Å². The fourth-order valence-electron chi connectivity index (χ4n) is 2.69. The van der Waals surface area contributed by atoms with Crippen molar-refractivity contribution in [2.24, 2.45) is 0 Å². The van der Waals surface area contributed by atoms with E-state index in [1.165, 1.54) is 12.1 Å². The molecule has 128 valence electrons. The van der Waals surface area contributed by atoms with Crippen molar-refractivity contribution in [2.45, 2.75) is 6.92 Å². The molecule has 0 spiro atoms. The average molecular weight is 347 g/mol. The lowest BCUT2D eigenvalue weighted by molar-refractivity contribution is -0.0584. The summed E-state index contributed by atoms with van der Waals surface area (Å²) >= 11 is 0. The van der Waals surface area contributed by atoms with Gasteiger partial charge in [-0.25, -0.2) is 9.48 Å². The van der Waals surface area contributed by atoms with Gasteiger partial charge >= 0.3 is 5.97 Å². The molecule has 1 aromatic heterocycles. The highest BCUT2D eigenvalue weighted by molar-refractivity contribution is 6.21. The Kier molecular flexibility index (Phi) is 3.62. The third kappa shape index (κ3) is 2.55. The molecule has 4 rings (SSSR count). The second-order valence-electron chi connectivity index (χ2n) is 5.78. The van der Waals surface area contributed by atoms with Crippen molar-refractivity contribution in [1.29, 1.82) is 0 Å². The Morgan fingerprint density at radius 1 is 0.923 bits per heavy atom. The second kappa shape index (κ2) is 5.96. The number of fused-ring (bicyclic) bond motifs is 1. The van der Waals surface area contributed by atoms with Crippen LogP contribution in [0.3, 0.4) is 0 Å². The number of hydrogen-bond acceptors (Lipinski definition) is 5. The van der Waals surface area contributed by atoms with Crippen molar-refractivity contribution in [3.8, 4) is 5.69 Å². The number of aryl methyl sites for hydroxylation is 1. The molecule has 0 unspecified atom stereocenters. The van der Waals surface area contributed by atoms with Gasteiger partial charge in [0.05, 0.1) is 28.1 Å². The number of aromatic nitrogens is 2. The maximum Gasteiger partial charge on any atom is 0.363 e. The van der Waals surface area contributed by atoms with Crippen molar-refractivity contribution in [3.05, 3.63) is 83.2 Å². The standard InChI is InChI=1S/C19H13N3O4/c1-12-10-11-21(20-12)14-8-6-13(7-9-14)19(25)26-22-17(23)15-4-2-3-5-16(15)18(22)24/h2-11H,1H3. The summed E-state index contributed by atoms with van der Waals surface area (Å²) in [6.45, 7) is 1.88. The van der Waals surface area contributed by atoms with Crippen molar-refractivity contribution in [2.75, 3.05) is 0 Å². The molecule has 1 aliphatic rings. The first-order chi connectivity index (χ1) is 12.5. The minimum absolute atomic E-state index is 0.217. The number of nitrogens with zero attached hydrogens (tertiary/aromatic N) is 3. The van der Waals surface area contributed by atoms with Crippen LogP contribution >= 0.6 is 0 Å². The van der Waals surface area contributed by atoms with E-state index in [0.717, 1.165) is 11.4 Å². The zero-order valence-electron chi connectivity index (χ0n) is 13.7. The third-order valence-electron chi connectivity index (χ3n) is 4.02. The molecule has 7 nitrogen and oxygen atoms in total. The van der Waals surface area contributed by atoms with Crippen LogP contribution in [0.25, 0.3) is 5.69 Å². The van der Waals surface area contributed by atoms with Crippen LogP contribution in [0.1, 0.15) is 36.8 Å². The largest absolute Gasteiger partial charge is 0.363 e. The molecule has 2 amide bonds. The van der Waals surface area contributed by atoms with Gasteiger partial charge in [0.25, 0.3) is 11.8 Å². The molecule has 0 aliphatic carbocycles. The fourth-order valence-corrected chi connectivity index (χ4v) is 2.69. The highest BCUT2D eigenvalue weighted by Gasteiger charge is 2.38. The van der Waals surface area contributed by atoms with E-state index in [1.807, 2.05) is 13.0 Å². The predicted molar refractivity (Wildman–Crippen MR) is 90.7 cm³/mol. The van der Waals surface area contributed by atoms with Gasteiger partial charge in [0.15, 0.2) is 0 Å². The smallest absolute Gasteiger partial charge is 0.324 e. The zero-order valence-corrected chi connectivity index (χ0v) is 13.7. The van der Waals surface area contributed by atoms with Crippen LogP contribution in [0.4, 0.5) is 0 Å². The Labute approximate surface area is 148 Å². The first-order valence-electron chi connectivity index (χ1n) is 7.87. The molecule has 3 aromatic rings. The molecule has 0 fully saturated rings. The number of imide groups is 1. The molecule has 0 saturated heterocycles. The van der Waals surface area contributed by atoms with Crippen LogP contribution in [-0.4, -0.2) is 32.6 Å². The maximum absolute atomic E-state index is 12.3. The van der Waals surface area contributed by atoms with E-state index in [4.69, 9.17) is 4.84 Å².